The van der Waals surface area contributed by atoms with Crippen molar-refractivity contribution in [2.24, 2.45) is 0 Å². The van der Waals surface area contributed by atoms with Crippen LogP contribution in [0.5, 0.6) is 0 Å². The number of nitrogens with zero attached hydrogens (tertiary/aromatic N) is 1. The van der Waals surface area contributed by atoms with E-state index in [2.05, 4.69) is 15.9 Å². The molecule has 0 saturated heterocycles. The molecule has 2 rings (SSSR count). The number of rotatable bonds is 5. The molecule has 0 atom stereocenters. The van der Waals surface area contributed by atoms with Crippen molar-refractivity contribution >= 4 is 41.6 Å². The Kier molecular flexibility index (Phi) is 4.95. The fourth-order valence-corrected chi connectivity index (χ4v) is 4.39. The van der Waals surface area contributed by atoms with Crippen molar-refractivity contribution in [3.8, 4) is 0 Å². The maximum absolute atomic E-state index is 13.6. The van der Waals surface area contributed by atoms with Crippen LogP contribution >= 0.6 is 26.6 Å². The lowest BCUT2D eigenvalue weighted by molar-refractivity contribution is 0.0741. The zero-order valence-corrected chi connectivity index (χ0v) is 14.4. The second-order valence-electron chi connectivity index (χ2n) is 4.93. The number of amides is 1. The summed E-state index contributed by atoms with van der Waals surface area (Å²) < 4.78 is 36.6. The smallest absolute Gasteiger partial charge is 0.262 e. The van der Waals surface area contributed by atoms with Crippen LogP contribution in [0.25, 0.3) is 0 Å². The monoisotopic (exact) mass is 397 g/mol. The summed E-state index contributed by atoms with van der Waals surface area (Å²) in [5.74, 6) is -1.19. The summed E-state index contributed by atoms with van der Waals surface area (Å²) in [5, 5.41) is 0. The predicted molar refractivity (Wildman–Crippen MR) is 81.5 cm³/mol. The lowest BCUT2D eigenvalue weighted by atomic mass is 10.2. The molecule has 0 heterocycles. The van der Waals surface area contributed by atoms with E-state index in [9.17, 15) is 17.6 Å². The molecule has 1 fully saturated rings. The van der Waals surface area contributed by atoms with E-state index in [-0.39, 0.29) is 22.0 Å². The fourth-order valence-electron chi connectivity index (χ4n) is 2.13. The van der Waals surface area contributed by atoms with Gasteiger partial charge in [0.05, 0.1) is 10.0 Å². The van der Waals surface area contributed by atoms with Crippen molar-refractivity contribution in [3.63, 3.8) is 0 Å². The summed E-state index contributed by atoms with van der Waals surface area (Å²) in [5.41, 5.74) is -0.0189. The molecule has 0 spiro atoms. The van der Waals surface area contributed by atoms with Gasteiger partial charge in [-0.1, -0.05) is 6.92 Å². The molecule has 0 aromatic heterocycles. The van der Waals surface area contributed by atoms with Crippen LogP contribution in [0, 0.1) is 5.82 Å². The van der Waals surface area contributed by atoms with Gasteiger partial charge in [0.2, 0.25) is 0 Å². The van der Waals surface area contributed by atoms with Gasteiger partial charge in [-0.15, -0.1) is 0 Å². The third-order valence-electron chi connectivity index (χ3n) is 3.21. The minimum atomic E-state index is -4.14. The first-order valence-corrected chi connectivity index (χ1v) is 9.60. The molecule has 0 aliphatic heterocycles. The summed E-state index contributed by atoms with van der Waals surface area (Å²) >= 11 is 3.06. The Morgan fingerprint density at radius 3 is 2.57 bits per heavy atom. The van der Waals surface area contributed by atoms with E-state index >= 15 is 0 Å². The average Bonchev–Trinajstić information content (AvgIpc) is 3.20. The Labute approximate surface area is 135 Å². The highest BCUT2D eigenvalue weighted by molar-refractivity contribution is 9.10. The minimum absolute atomic E-state index is 0.00523. The molecule has 116 valence electrons. The van der Waals surface area contributed by atoms with Gasteiger partial charge < -0.3 is 4.90 Å². The molecule has 1 saturated carbocycles. The van der Waals surface area contributed by atoms with Gasteiger partial charge in [-0.05, 0) is 47.3 Å². The first-order valence-electron chi connectivity index (χ1n) is 6.50. The van der Waals surface area contributed by atoms with E-state index in [0.717, 1.165) is 31.4 Å². The lowest BCUT2D eigenvalue weighted by Crippen LogP contribution is -2.34. The van der Waals surface area contributed by atoms with Crippen LogP contribution < -0.4 is 0 Å². The van der Waals surface area contributed by atoms with Gasteiger partial charge in [0.15, 0.2) is 0 Å². The van der Waals surface area contributed by atoms with Crippen LogP contribution in [0.3, 0.4) is 0 Å². The van der Waals surface area contributed by atoms with Crippen molar-refractivity contribution in [2.45, 2.75) is 37.1 Å². The van der Waals surface area contributed by atoms with Gasteiger partial charge in [-0.3, -0.25) is 4.79 Å². The van der Waals surface area contributed by atoms with Crippen LogP contribution in [-0.2, 0) is 9.05 Å². The number of carbonyl (C=O) groups is 1. The molecule has 0 N–H and O–H groups in total. The number of benzene rings is 1. The van der Waals surface area contributed by atoms with Gasteiger partial charge in [0.1, 0.15) is 10.7 Å². The second kappa shape index (κ2) is 6.22. The van der Waals surface area contributed by atoms with Gasteiger partial charge in [-0.25, -0.2) is 12.8 Å². The molecule has 1 aliphatic carbocycles. The first kappa shape index (κ1) is 16.7. The molecule has 1 aromatic carbocycles. The van der Waals surface area contributed by atoms with Gasteiger partial charge in [0, 0.05) is 23.3 Å². The van der Waals surface area contributed by atoms with E-state index in [1.807, 2.05) is 6.92 Å². The number of hydrogen-bond acceptors (Lipinski definition) is 3. The zero-order valence-electron chi connectivity index (χ0n) is 11.3. The summed E-state index contributed by atoms with van der Waals surface area (Å²) in [6.07, 6.45) is 2.61. The second-order valence-corrected chi connectivity index (χ2v) is 8.26. The van der Waals surface area contributed by atoms with E-state index in [4.69, 9.17) is 10.7 Å². The first-order chi connectivity index (χ1) is 9.75. The fraction of sp³-hybridized carbons (Fsp3) is 0.462. The Bertz CT molecular complexity index is 676. The summed E-state index contributed by atoms with van der Waals surface area (Å²) in [6, 6.07) is 1.98. The van der Waals surface area contributed by atoms with Gasteiger partial charge in [-0.2, -0.15) is 0 Å². The molecule has 0 radical (unpaired) electrons. The van der Waals surface area contributed by atoms with E-state index in [1.165, 1.54) is 0 Å². The van der Waals surface area contributed by atoms with Crippen LogP contribution in [0.2, 0.25) is 0 Å². The van der Waals surface area contributed by atoms with Crippen LogP contribution in [-0.4, -0.2) is 31.8 Å². The minimum Gasteiger partial charge on any atom is -0.336 e. The summed E-state index contributed by atoms with van der Waals surface area (Å²) in [6.45, 7) is 2.49. The molecule has 4 nitrogen and oxygen atoms in total. The molecule has 1 amide bonds. The molecule has 21 heavy (non-hydrogen) atoms. The highest BCUT2D eigenvalue weighted by Crippen LogP contribution is 2.33. The average molecular weight is 399 g/mol. The Morgan fingerprint density at radius 1 is 1.48 bits per heavy atom. The molecule has 8 heteroatoms. The molecule has 1 aromatic rings. The number of carbonyl (C=O) groups excluding carboxylic acids is 1. The molecular weight excluding hydrogens is 385 g/mol. The third-order valence-corrected chi connectivity index (χ3v) is 5.67. The van der Waals surface area contributed by atoms with E-state index in [0.29, 0.717) is 6.54 Å². The SMILES string of the molecule is CCCN(C(=O)c1cc(F)cc(S(=O)(=O)Cl)c1Br)C1CC1. The standard InChI is InChI=1S/C13H14BrClFNO3S/c1-2-5-17(9-3-4-9)13(18)10-6-8(16)7-11(12(10)14)21(15,19)20/h6-7,9H,2-5H2,1H3. The van der Waals surface area contributed by atoms with Crippen molar-refractivity contribution in [2.75, 3.05) is 6.54 Å². The lowest BCUT2D eigenvalue weighted by Gasteiger charge is -2.22. The Morgan fingerprint density at radius 2 is 2.10 bits per heavy atom. The maximum atomic E-state index is 13.6. The molecule has 1 aliphatic rings. The quantitative estimate of drug-likeness (QED) is 0.713. The van der Waals surface area contributed by atoms with Crippen LogP contribution in [0.1, 0.15) is 36.5 Å². The van der Waals surface area contributed by atoms with E-state index in [1.54, 1.807) is 4.90 Å². The van der Waals surface area contributed by atoms with Gasteiger partial charge in [0.25, 0.3) is 15.0 Å². The molecule has 0 unspecified atom stereocenters. The third kappa shape index (κ3) is 3.76. The Hall–Kier alpha value is -0.660. The van der Waals surface area contributed by atoms with Crippen molar-refractivity contribution in [3.05, 3.63) is 28.0 Å². The normalized spacial score (nSPS) is 15.0. The highest BCUT2D eigenvalue weighted by atomic mass is 79.9. The molecule has 0 bridgehead atoms. The summed E-state index contributed by atoms with van der Waals surface area (Å²) in [4.78, 5) is 13.8. The van der Waals surface area contributed by atoms with Gasteiger partial charge >= 0.3 is 0 Å². The van der Waals surface area contributed by atoms with Crippen molar-refractivity contribution in [1.29, 1.82) is 0 Å². The number of halogens is 3. The Balaban J connectivity index is 2.48. The van der Waals surface area contributed by atoms with Crippen LogP contribution in [0.15, 0.2) is 21.5 Å². The highest BCUT2D eigenvalue weighted by Gasteiger charge is 2.34. The van der Waals surface area contributed by atoms with Crippen LogP contribution in [0.4, 0.5) is 4.39 Å². The predicted octanol–water partition coefficient (Wildman–Crippen LogP) is 3.53. The zero-order chi connectivity index (χ0) is 15.8. The van der Waals surface area contributed by atoms with Crippen molar-refractivity contribution in [1.82, 2.24) is 4.90 Å². The maximum Gasteiger partial charge on any atom is 0.262 e. The number of hydrogen-bond donors (Lipinski definition) is 0. The van der Waals surface area contributed by atoms with E-state index < -0.39 is 19.8 Å². The molecular formula is C13H14BrClFNO3S. The largest absolute Gasteiger partial charge is 0.336 e. The van der Waals surface area contributed by atoms with Crippen molar-refractivity contribution < 1.29 is 17.6 Å². The topological polar surface area (TPSA) is 54.5 Å². The summed E-state index contributed by atoms with van der Waals surface area (Å²) in [7, 11) is 1.14.